The summed E-state index contributed by atoms with van der Waals surface area (Å²) in [4.78, 5) is 18.6. The smallest absolute Gasteiger partial charge is 0.241 e. The molecule has 1 atom stereocenters. The summed E-state index contributed by atoms with van der Waals surface area (Å²) in [5.41, 5.74) is 2.99. The molecule has 1 aliphatic rings. The highest BCUT2D eigenvalue weighted by molar-refractivity contribution is 9.10. The number of ether oxygens (including phenoxy) is 1. The van der Waals surface area contributed by atoms with E-state index in [1.54, 1.807) is 18.3 Å². The summed E-state index contributed by atoms with van der Waals surface area (Å²) >= 11 is 3.32. The van der Waals surface area contributed by atoms with E-state index >= 15 is 0 Å². The third-order valence-electron chi connectivity index (χ3n) is 6.70. The number of nitrogens with zero attached hydrogens (tertiary/aromatic N) is 1. The van der Waals surface area contributed by atoms with E-state index in [9.17, 15) is 17.6 Å². The number of para-hydroxylation sites is 1. The molecule has 3 aromatic carbocycles. The normalized spacial score (nSPS) is 14.3. The van der Waals surface area contributed by atoms with Crippen LogP contribution in [0.15, 0.2) is 76.2 Å². The molecule has 4 aromatic rings. The standard InChI is InChI=1S/C28H27BrFN3O4S/c1-2-37-21-7-9-22(10-8-21)38(35,36)32-27(14-19-16-31-26-6-4-3-5-23(19)26)28(34)33-12-11-18-13-20(29)15-25(30)24(18)17-33/h3-10,13,15-16,27,31-32H,2,11-12,14,17H2,1H3. The van der Waals surface area contributed by atoms with E-state index in [0.717, 1.165) is 22.0 Å². The minimum Gasteiger partial charge on any atom is -0.494 e. The van der Waals surface area contributed by atoms with Gasteiger partial charge in [-0.25, -0.2) is 12.8 Å². The molecule has 2 N–H and O–H groups in total. The Labute approximate surface area is 229 Å². The molecule has 198 valence electrons. The lowest BCUT2D eigenvalue weighted by Crippen LogP contribution is -2.50. The number of hydrogen-bond acceptors (Lipinski definition) is 4. The van der Waals surface area contributed by atoms with Crippen molar-refractivity contribution in [2.24, 2.45) is 0 Å². The highest BCUT2D eigenvalue weighted by Crippen LogP contribution is 2.28. The van der Waals surface area contributed by atoms with Gasteiger partial charge in [0.05, 0.1) is 11.5 Å². The molecule has 7 nitrogen and oxygen atoms in total. The number of aromatic amines is 1. The van der Waals surface area contributed by atoms with Crippen molar-refractivity contribution in [3.05, 3.63) is 93.8 Å². The van der Waals surface area contributed by atoms with Gasteiger partial charge in [0.1, 0.15) is 17.6 Å². The number of sulfonamides is 1. The molecule has 10 heteroatoms. The number of carbonyl (C=O) groups is 1. The number of nitrogens with one attached hydrogen (secondary N) is 2. The SMILES string of the molecule is CCOc1ccc(S(=O)(=O)NC(Cc2c[nH]c3ccccc23)C(=O)N2CCc3cc(Br)cc(F)c3C2)cc1. The average molecular weight is 601 g/mol. The van der Waals surface area contributed by atoms with Crippen LogP contribution in [0.5, 0.6) is 5.75 Å². The van der Waals surface area contributed by atoms with Crippen LogP contribution in [0.1, 0.15) is 23.6 Å². The number of fused-ring (bicyclic) bond motifs is 2. The summed E-state index contributed by atoms with van der Waals surface area (Å²) in [6, 6.07) is 15.8. The van der Waals surface area contributed by atoms with E-state index in [-0.39, 0.29) is 17.9 Å². The Balaban J connectivity index is 1.45. The van der Waals surface area contributed by atoms with Crippen LogP contribution < -0.4 is 9.46 Å². The molecule has 0 radical (unpaired) electrons. The predicted molar refractivity (Wildman–Crippen MR) is 147 cm³/mol. The van der Waals surface area contributed by atoms with Crippen LogP contribution in [0, 0.1) is 5.82 Å². The minimum atomic E-state index is -4.05. The lowest BCUT2D eigenvalue weighted by atomic mass is 9.97. The maximum atomic E-state index is 14.7. The largest absolute Gasteiger partial charge is 0.494 e. The number of rotatable bonds is 8. The molecule has 0 fully saturated rings. The van der Waals surface area contributed by atoms with Gasteiger partial charge in [0, 0.05) is 40.2 Å². The maximum absolute atomic E-state index is 14.7. The number of hydrogen-bond donors (Lipinski definition) is 2. The number of carbonyl (C=O) groups excluding carboxylic acids is 1. The third kappa shape index (κ3) is 5.48. The first-order valence-corrected chi connectivity index (χ1v) is 14.6. The third-order valence-corrected chi connectivity index (χ3v) is 8.65. The molecule has 1 aromatic heterocycles. The van der Waals surface area contributed by atoms with Gasteiger partial charge in [-0.15, -0.1) is 0 Å². The second-order valence-corrected chi connectivity index (χ2v) is 11.8. The zero-order valence-electron chi connectivity index (χ0n) is 20.7. The Kier molecular flexibility index (Phi) is 7.56. The van der Waals surface area contributed by atoms with E-state index in [1.165, 1.54) is 23.1 Å². The van der Waals surface area contributed by atoms with E-state index in [4.69, 9.17) is 4.74 Å². The summed E-state index contributed by atoms with van der Waals surface area (Å²) in [5, 5.41) is 0.908. The molecule has 0 saturated carbocycles. The molecule has 0 spiro atoms. The van der Waals surface area contributed by atoms with Crippen molar-refractivity contribution in [1.29, 1.82) is 0 Å². The Morgan fingerprint density at radius 1 is 1.18 bits per heavy atom. The lowest BCUT2D eigenvalue weighted by Gasteiger charge is -2.32. The Morgan fingerprint density at radius 2 is 1.95 bits per heavy atom. The highest BCUT2D eigenvalue weighted by Gasteiger charge is 2.33. The quantitative estimate of drug-likeness (QED) is 0.300. The Morgan fingerprint density at radius 3 is 2.71 bits per heavy atom. The summed E-state index contributed by atoms with van der Waals surface area (Å²) in [5.74, 6) is -0.244. The molecule has 5 rings (SSSR count). The number of benzene rings is 3. The molecular formula is C28H27BrFN3O4S. The first-order chi connectivity index (χ1) is 18.2. The van der Waals surface area contributed by atoms with Gasteiger partial charge in [0.15, 0.2) is 0 Å². The molecule has 38 heavy (non-hydrogen) atoms. The molecule has 1 amide bonds. The van der Waals surface area contributed by atoms with Crippen molar-refractivity contribution in [1.82, 2.24) is 14.6 Å². The van der Waals surface area contributed by atoms with E-state index in [0.29, 0.717) is 35.4 Å². The number of aromatic nitrogens is 1. The van der Waals surface area contributed by atoms with Crippen LogP contribution in [0.4, 0.5) is 4.39 Å². The van der Waals surface area contributed by atoms with Crippen molar-refractivity contribution in [2.45, 2.75) is 37.2 Å². The first kappa shape index (κ1) is 26.4. The van der Waals surface area contributed by atoms with Gasteiger partial charge >= 0.3 is 0 Å². The van der Waals surface area contributed by atoms with E-state index in [2.05, 4.69) is 25.6 Å². The van der Waals surface area contributed by atoms with Crippen LogP contribution in [-0.2, 0) is 34.2 Å². The van der Waals surface area contributed by atoms with Crippen molar-refractivity contribution in [2.75, 3.05) is 13.2 Å². The molecule has 1 aliphatic heterocycles. The first-order valence-electron chi connectivity index (χ1n) is 12.3. The molecule has 0 bridgehead atoms. The maximum Gasteiger partial charge on any atom is 0.241 e. The molecule has 1 unspecified atom stereocenters. The van der Waals surface area contributed by atoms with Gasteiger partial charge in [0.2, 0.25) is 15.9 Å². The van der Waals surface area contributed by atoms with Crippen molar-refractivity contribution < 1.29 is 22.3 Å². The van der Waals surface area contributed by atoms with Crippen LogP contribution in [0.2, 0.25) is 0 Å². The molecule has 0 saturated heterocycles. The van der Waals surface area contributed by atoms with Crippen molar-refractivity contribution >= 4 is 42.8 Å². The molecular weight excluding hydrogens is 573 g/mol. The number of amides is 1. The zero-order chi connectivity index (χ0) is 26.9. The van der Waals surface area contributed by atoms with E-state index in [1.807, 2.05) is 37.3 Å². The Hall–Kier alpha value is -3.21. The summed E-state index contributed by atoms with van der Waals surface area (Å²) in [7, 11) is -4.05. The van der Waals surface area contributed by atoms with Crippen molar-refractivity contribution in [3.63, 3.8) is 0 Å². The fourth-order valence-corrected chi connectivity index (χ4v) is 6.49. The summed E-state index contributed by atoms with van der Waals surface area (Å²) < 4.78 is 50.2. The van der Waals surface area contributed by atoms with Gasteiger partial charge in [0.25, 0.3) is 0 Å². The fraction of sp³-hybridized carbons (Fsp3) is 0.250. The van der Waals surface area contributed by atoms with Crippen molar-refractivity contribution in [3.8, 4) is 5.75 Å². The monoisotopic (exact) mass is 599 g/mol. The Bertz CT molecular complexity index is 1590. The van der Waals surface area contributed by atoms with Crippen LogP contribution in [0.3, 0.4) is 0 Å². The van der Waals surface area contributed by atoms with E-state index < -0.39 is 27.8 Å². The van der Waals surface area contributed by atoms with Crippen LogP contribution >= 0.6 is 15.9 Å². The fourth-order valence-electron chi connectivity index (χ4n) is 4.83. The summed E-state index contributed by atoms with van der Waals surface area (Å²) in [6.45, 7) is 2.73. The van der Waals surface area contributed by atoms with Gasteiger partial charge < -0.3 is 14.6 Å². The van der Waals surface area contributed by atoms with Gasteiger partial charge in [-0.05, 0) is 73.4 Å². The van der Waals surface area contributed by atoms with Crippen LogP contribution in [-0.4, -0.2) is 43.4 Å². The second kappa shape index (κ2) is 10.9. The minimum absolute atomic E-state index is 0.0255. The van der Waals surface area contributed by atoms with Gasteiger partial charge in [-0.2, -0.15) is 4.72 Å². The topological polar surface area (TPSA) is 91.5 Å². The van der Waals surface area contributed by atoms with Gasteiger partial charge in [-0.1, -0.05) is 34.1 Å². The molecule has 0 aliphatic carbocycles. The zero-order valence-corrected chi connectivity index (χ0v) is 23.1. The number of H-pyrrole nitrogens is 1. The van der Waals surface area contributed by atoms with Gasteiger partial charge in [-0.3, -0.25) is 4.79 Å². The second-order valence-electron chi connectivity index (χ2n) is 9.18. The average Bonchev–Trinajstić information content (AvgIpc) is 3.31. The summed E-state index contributed by atoms with van der Waals surface area (Å²) in [6.07, 6.45) is 2.40. The van der Waals surface area contributed by atoms with Crippen LogP contribution in [0.25, 0.3) is 10.9 Å². The highest BCUT2D eigenvalue weighted by atomic mass is 79.9. The predicted octanol–water partition coefficient (Wildman–Crippen LogP) is 4.94. The lowest BCUT2D eigenvalue weighted by molar-refractivity contribution is -0.133. The number of halogens is 2. The molecule has 2 heterocycles.